The number of nitrogen functional groups attached to an aromatic ring is 1. The molecule has 0 aliphatic carbocycles. The number of hydrogen-bond acceptors (Lipinski definition) is 5. The van der Waals surface area contributed by atoms with E-state index < -0.39 is 0 Å². The molecule has 0 radical (unpaired) electrons. The fourth-order valence-electron chi connectivity index (χ4n) is 1.61. The van der Waals surface area contributed by atoms with E-state index >= 15 is 0 Å². The van der Waals surface area contributed by atoms with E-state index in [1.165, 1.54) is 0 Å². The molecule has 4 N–H and O–H groups in total. The fraction of sp³-hybridized carbons (Fsp3) is 0.385. The molecule has 0 saturated heterocycles. The molecule has 0 atom stereocenters. The van der Waals surface area contributed by atoms with Crippen LogP contribution in [0.3, 0.4) is 0 Å². The van der Waals surface area contributed by atoms with Gasteiger partial charge in [0.15, 0.2) is 0 Å². The Morgan fingerprint density at radius 3 is 2.84 bits per heavy atom. The van der Waals surface area contributed by atoms with Crippen LogP contribution in [0.25, 0.3) is 0 Å². The number of pyridine rings is 1. The highest BCUT2D eigenvalue weighted by atomic mass is 16.5. The summed E-state index contributed by atoms with van der Waals surface area (Å²) in [5, 5.41) is 10.1. The number of anilines is 2. The third kappa shape index (κ3) is 3.37. The molecule has 0 unspecified atom stereocenters. The topological polar surface area (TPSA) is 88.9 Å². The Labute approximate surface area is 112 Å². The fourth-order valence-corrected chi connectivity index (χ4v) is 1.61. The number of aromatic nitrogens is 3. The quantitative estimate of drug-likeness (QED) is 0.767. The molecule has 0 saturated carbocycles. The minimum absolute atomic E-state index is 0.0427. The molecule has 0 bridgehead atoms. The van der Waals surface area contributed by atoms with Gasteiger partial charge < -0.3 is 15.8 Å². The number of nitrogens with zero attached hydrogens (tertiary/aromatic N) is 2. The van der Waals surface area contributed by atoms with E-state index in [4.69, 9.17) is 10.5 Å². The number of rotatable bonds is 5. The molecule has 102 valence electrons. The summed E-state index contributed by atoms with van der Waals surface area (Å²) in [5.74, 6) is 1.19. The van der Waals surface area contributed by atoms with Gasteiger partial charge in [0.1, 0.15) is 5.82 Å². The zero-order valence-corrected chi connectivity index (χ0v) is 11.4. The van der Waals surface area contributed by atoms with E-state index in [-0.39, 0.29) is 6.10 Å². The molecule has 0 amide bonds. The van der Waals surface area contributed by atoms with Crippen LogP contribution in [0, 0.1) is 6.92 Å². The van der Waals surface area contributed by atoms with E-state index in [1.807, 2.05) is 26.8 Å². The van der Waals surface area contributed by atoms with Gasteiger partial charge in [0.2, 0.25) is 5.88 Å². The second kappa shape index (κ2) is 5.60. The van der Waals surface area contributed by atoms with Crippen LogP contribution < -0.4 is 15.8 Å². The van der Waals surface area contributed by atoms with E-state index in [2.05, 4.69) is 20.5 Å². The Kier molecular flexibility index (Phi) is 3.89. The molecular formula is C13H19N5O. The second-order valence-corrected chi connectivity index (χ2v) is 4.63. The minimum Gasteiger partial charge on any atom is -0.473 e. The highest BCUT2D eigenvalue weighted by Crippen LogP contribution is 2.22. The maximum Gasteiger partial charge on any atom is 0.239 e. The first-order valence-electron chi connectivity index (χ1n) is 6.22. The van der Waals surface area contributed by atoms with Crippen molar-refractivity contribution < 1.29 is 4.74 Å². The monoisotopic (exact) mass is 261 g/mol. The van der Waals surface area contributed by atoms with E-state index in [0.717, 1.165) is 17.1 Å². The van der Waals surface area contributed by atoms with Crippen LogP contribution in [0.2, 0.25) is 0 Å². The summed E-state index contributed by atoms with van der Waals surface area (Å²) in [6.45, 7) is 6.51. The van der Waals surface area contributed by atoms with Gasteiger partial charge in [-0.15, -0.1) is 0 Å². The lowest BCUT2D eigenvalue weighted by molar-refractivity contribution is 0.234. The van der Waals surface area contributed by atoms with Crippen LogP contribution in [-0.4, -0.2) is 21.3 Å². The highest BCUT2D eigenvalue weighted by molar-refractivity contribution is 5.53. The van der Waals surface area contributed by atoms with Crippen molar-refractivity contribution >= 4 is 11.5 Å². The SMILES string of the molecule is Cc1[nH]ncc1CNc1ccc(N)c(OC(C)C)n1. The molecule has 0 aliphatic rings. The first-order valence-corrected chi connectivity index (χ1v) is 6.22. The first-order chi connectivity index (χ1) is 9.06. The largest absolute Gasteiger partial charge is 0.473 e. The number of hydrogen-bond donors (Lipinski definition) is 3. The number of ether oxygens (including phenoxy) is 1. The number of nitrogens with two attached hydrogens (primary N) is 1. The van der Waals surface area contributed by atoms with Gasteiger partial charge >= 0.3 is 0 Å². The van der Waals surface area contributed by atoms with Crippen LogP contribution in [0.4, 0.5) is 11.5 Å². The van der Waals surface area contributed by atoms with Crippen molar-refractivity contribution in [1.82, 2.24) is 15.2 Å². The predicted octanol–water partition coefficient (Wildman–Crippen LogP) is 2.09. The first kappa shape index (κ1) is 13.2. The molecule has 2 aromatic heterocycles. The lowest BCUT2D eigenvalue weighted by Gasteiger charge is -2.12. The Balaban J connectivity index is 2.06. The van der Waals surface area contributed by atoms with Gasteiger partial charge in [-0.25, -0.2) is 0 Å². The summed E-state index contributed by atoms with van der Waals surface area (Å²) in [7, 11) is 0. The summed E-state index contributed by atoms with van der Waals surface area (Å²) < 4.78 is 5.55. The number of H-pyrrole nitrogens is 1. The Bertz CT molecular complexity index is 550. The summed E-state index contributed by atoms with van der Waals surface area (Å²) in [4.78, 5) is 4.35. The highest BCUT2D eigenvalue weighted by Gasteiger charge is 2.07. The maximum atomic E-state index is 5.82. The second-order valence-electron chi connectivity index (χ2n) is 4.63. The third-order valence-electron chi connectivity index (χ3n) is 2.63. The maximum absolute atomic E-state index is 5.82. The summed E-state index contributed by atoms with van der Waals surface area (Å²) >= 11 is 0. The van der Waals surface area contributed by atoms with Crippen molar-refractivity contribution in [2.45, 2.75) is 33.4 Å². The van der Waals surface area contributed by atoms with E-state index in [0.29, 0.717) is 18.1 Å². The molecule has 2 aromatic rings. The average Bonchev–Trinajstić information content (AvgIpc) is 2.75. The number of aryl methyl sites for hydroxylation is 1. The van der Waals surface area contributed by atoms with Crippen LogP contribution in [0.15, 0.2) is 18.3 Å². The van der Waals surface area contributed by atoms with Crippen molar-refractivity contribution in [3.05, 3.63) is 29.6 Å². The smallest absolute Gasteiger partial charge is 0.239 e. The van der Waals surface area contributed by atoms with Gasteiger partial charge in [0.25, 0.3) is 0 Å². The lowest BCUT2D eigenvalue weighted by Crippen LogP contribution is -2.10. The molecule has 0 aromatic carbocycles. The van der Waals surface area contributed by atoms with Crippen molar-refractivity contribution in [3.8, 4) is 5.88 Å². The molecule has 0 fully saturated rings. The predicted molar refractivity (Wildman–Crippen MR) is 75.1 cm³/mol. The van der Waals surface area contributed by atoms with Crippen molar-refractivity contribution in [1.29, 1.82) is 0 Å². The average molecular weight is 261 g/mol. The van der Waals surface area contributed by atoms with E-state index in [9.17, 15) is 0 Å². The molecule has 2 rings (SSSR count). The van der Waals surface area contributed by atoms with Crippen molar-refractivity contribution in [3.63, 3.8) is 0 Å². The van der Waals surface area contributed by atoms with Gasteiger partial charge in [0, 0.05) is 17.8 Å². The Morgan fingerprint density at radius 1 is 1.42 bits per heavy atom. The molecule has 6 nitrogen and oxygen atoms in total. The van der Waals surface area contributed by atoms with Gasteiger partial charge in [-0.1, -0.05) is 0 Å². The Morgan fingerprint density at radius 2 is 2.21 bits per heavy atom. The Hall–Kier alpha value is -2.24. The van der Waals surface area contributed by atoms with Gasteiger partial charge in [-0.05, 0) is 32.9 Å². The molecule has 2 heterocycles. The minimum atomic E-state index is 0.0427. The zero-order valence-electron chi connectivity index (χ0n) is 11.4. The van der Waals surface area contributed by atoms with Gasteiger partial charge in [0.05, 0.1) is 18.0 Å². The van der Waals surface area contributed by atoms with Gasteiger partial charge in [-0.2, -0.15) is 10.1 Å². The van der Waals surface area contributed by atoms with Gasteiger partial charge in [-0.3, -0.25) is 5.10 Å². The van der Waals surface area contributed by atoms with Crippen molar-refractivity contribution in [2.24, 2.45) is 0 Å². The lowest BCUT2D eigenvalue weighted by atomic mass is 10.2. The summed E-state index contributed by atoms with van der Waals surface area (Å²) in [6.07, 6.45) is 1.84. The number of nitrogens with one attached hydrogen (secondary N) is 2. The third-order valence-corrected chi connectivity index (χ3v) is 2.63. The van der Waals surface area contributed by atoms with Crippen molar-refractivity contribution in [2.75, 3.05) is 11.1 Å². The van der Waals surface area contributed by atoms with Crippen LogP contribution in [0.5, 0.6) is 5.88 Å². The summed E-state index contributed by atoms with van der Waals surface area (Å²) in [5.41, 5.74) is 8.51. The van der Waals surface area contributed by atoms with Crippen LogP contribution in [-0.2, 0) is 6.54 Å². The molecule has 0 aliphatic heterocycles. The van der Waals surface area contributed by atoms with Crippen LogP contribution >= 0.6 is 0 Å². The molecular weight excluding hydrogens is 242 g/mol. The summed E-state index contributed by atoms with van der Waals surface area (Å²) in [6, 6.07) is 3.62. The molecule has 6 heteroatoms. The zero-order chi connectivity index (χ0) is 13.8. The molecule has 0 spiro atoms. The van der Waals surface area contributed by atoms with E-state index in [1.54, 1.807) is 12.3 Å². The van der Waals surface area contributed by atoms with Crippen LogP contribution in [0.1, 0.15) is 25.1 Å². The normalized spacial score (nSPS) is 10.7. The standard InChI is InChI=1S/C13H19N5O/c1-8(2)19-13-11(14)4-5-12(17-13)15-6-10-7-16-18-9(10)3/h4-5,7-8H,6,14H2,1-3H3,(H,15,17)(H,16,18). The number of aromatic amines is 1. The molecule has 19 heavy (non-hydrogen) atoms.